The predicted octanol–water partition coefficient (Wildman–Crippen LogP) is 1.50. The third kappa shape index (κ3) is 3.95. The molecule has 20 heavy (non-hydrogen) atoms. The summed E-state index contributed by atoms with van der Waals surface area (Å²) in [6, 6.07) is 0.483. The van der Waals surface area contributed by atoms with Crippen LogP contribution in [0.25, 0.3) is 0 Å². The highest BCUT2D eigenvalue weighted by Crippen LogP contribution is 2.34. The maximum Gasteiger partial charge on any atom is 0.151 e. The second-order valence-electron chi connectivity index (χ2n) is 7.24. The van der Waals surface area contributed by atoms with Gasteiger partial charge in [-0.2, -0.15) is 0 Å². The van der Waals surface area contributed by atoms with Gasteiger partial charge in [0, 0.05) is 18.6 Å². The van der Waals surface area contributed by atoms with Gasteiger partial charge in [0.05, 0.1) is 11.5 Å². The highest BCUT2D eigenvalue weighted by Gasteiger charge is 2.34. The van der Waals surface area contributed by atoms with Crippen molar-refractivity contribution in [3.8, 4) is 0 Å². The molecule has 0 aromatic rings. The Kier molecular flexibility index (Phi) is 5.14. The Labute approximate surface area is 124 Å². The van der Waals surface area contributed by atoms with Gasteiger partial charge in [-0.25, -0.2) is 8.42 Å². The third-order valence-electron chi connectivity index (χ3n) is 5.38. The molecule has 1 saturated heterocycles. The van der Waals surface area contributed by atoms with Crippen molar-refractivity contribution in [2.24, 2.45) is 23.5 Å². The van der Waals surface area contributed by atoms with Crippen molar-refractivity contribution >= 4 is 9.84 Å². The first-order valence-electron chi connectivity index (χ1n) is 7.94. The van der Waals surface area contributed by atoms with Gasteiger partial charge in [0.2, 0.25) is 0 Å². The molecular weight excluding hydrogens is 272 g/mol. The van der Waals surface area contributed by atoms with Gasteiger partial charge in [-0.3, -0.25) is 0 Å². The van der Waals surface area contributed by atoms with Crippen molar-refractivity contribution in [2.45, 2.75) is 51.6 Å². The normalized spacial score (nSPS) is 37.7. The minimum absolute atomic E-state index is 0.201. The highest BCUT2D eigenvalue weighted by molar-refractivity contribution is 7.91. The van der Waals surface area contributed by atoms with Crippen LogP contribution in [0.5, 0.6) is 0 Å². The summed E-state index contributed by atoms with van der Waals surface area (Å²) in [5.74, 6) is 2.71. The fourth-order valence-corrected chi connectivity index (χ4v) is 5.59. The van der Waals surface area contributed by atoms with Crippen LogP contribution in [0.1, 0.15) is 39.5 Å². The lowest BCUT2D eigenvalue weighted by Gasteiger charge is -2.39. The molecule has 1 aliphatic heterocycles. The zero-order valence-electron chi connectivity index (χ0n) is 13.1. The van der Waals surface area contributed by atoms with Gasteiger partial charge >= 0.3 is 0 Å². The molecule has 118 valence electrons. The van der Waals surface area contributed by atoms with E-state index in [-0.39, 0.29) is 12.1 Å². The topological polar surface area (TPSA) is 63.4 Å². The summed E-state index contributed by atoms with van der Waals surface area (Å²) in [6.45, 7) is 5.54. The van der Waals surface area contributed by atoms with Gasteiger partial charge in [0.25, 0.3) is 0 Å². The van der Waals surface area contributed by atoms with Crippen molar-refractivity contribution in [2.75, 3.05) is 25.1 Å². The van der Waals surface area contributed by atoms with Crippen molar-refractivity contribution in [3.05, 3.63) is 0 Å². The Morgan fingerprint density at radius 2 is 1.95 bits per heavy atom. The SMILES string of the molecule is CC(C)C1CCC(N)C(CN(C)C2CCS(=O)(=O)C2)C1. The number of hydrogen-bond donors (Lipinski definition) is 1. The van der Waals surface area contributed by atoms with Gasteiger partial charge in [-0.15, -0.1) is 0 Å². The molecule has 4 nitrogen and oxygen atoms in total. The Bertz CT molecular complexity index is 422. The van der Waals surface area contributed by atoms with Crippen molar-refractivity contribution < 1.29 is 8.42 Å². The van der Waals surface area contributed by atoms with Gasteiger partial charge in [-0.1, -0.05) is 13.8 Å². The maximum absolute atomic E-state index is 11.6. The molecule has 4 atom stereocenters. The summed E-state index contributed by atoms with van der Waals surface area (Å²) in [5, 5.41) is 0. The molecule has 0 bridgehead atoms. The standard InChI is InChI=1S/C15H30N2O2S/c1-11(2)12-4-5-15(16)13(8-12)9-17(3)14-6-7-20(18,19)10-14/h11-15H,4-10,16H2,1-3H3. The van der Waals surface area contributed by atoms with Crippen LogP contribution in [0.2, 0.25) is 0 Å². The van der Waals surface area contributed by atoms with Gasteiger partial charge in [0.15, 0.2) is 9.84 Å². The van der Waals surface area contributed by atoms with Crippen molar-refractivity contribution in [1.82, 2.24) is 4.90 Å². The minimum atomic E-state index is -2.79. The van der Waals surface area contributed by atoms with Crippen molar-refractivity contribution in [1.29, 1.82) is 0 Å². The number of nitrogens with two attached hydrogens (primary N) is 1. The van der Waals surface area contributed by atoms with Gasteiger partial charge in [-0.05, 0) is 50.5 Å². The molecule has 1 saturated carbocycles. The van der Waals surface area contributed by atoms with E-state index in [1.54, 1.807) is 0 Å². The van der Waals surface area contributed by atoms with Crippen LogP contribution in [-0.4, -0.2) is 50.5 Å². The predicted molar refractivity (Wildman–Crippen MR) is 83.3 cm³/mol. The monoisotopic (exact) mass is 302 g/mol. The zero-order chi connectivity index (χ0) is 14.9. The first-order chi connectivity index (χ1) is 9.28. The van der Waals surface area contributed by atoms with Crippen LogP contribution in [0.15, 0.2) is 0 Å². The lowest BCUT2D eigenvalue weighted by molar-refractivity contribution is 0.133. The summed E-state index contributed by atoms with van der Waals surface area (Å²) in [7, 11) is -0.725. The van der Waals surface area contributed by atoms with E-state index < -0.39 is 9.84 Å². The molecule has 0 amide bonds. The lowest BCUT2D eigenvalue weighted by Crippen LogP contribution is -2.45. The highest BCUT2D eigenvalue weighted by atomic mass is 32.2. The molecule has 0 aromatic heterocycles. The minimum Gasteiger partial charge on any atom is -0.327 e. The van der Waals surface area contributed by atoms with E-state index in [9.17, 15) is 8.42 Å². The number of nitrogens with zero attached hydrogens (tertiary/aromatic N) is 1. The summed E-state index contributed by atoms with van der Waals surface area (Å²) >= 11 is 0. The molecule has 0 radical (unpaired) electrons. The quantitative estimate of drug-likeness (QED) is 0.855. The van der Waals surface area contributed by atoms with E-state index >= 15 is 0 Å². The molecule has 1 aliphatic carbocycles. The second kappa shape index (κ2) is 6.32. The Morgan fingerprint density at radius 1 is 1.25 bits per heavy atom. The Hall–Kier alpha value is -0.130. The van der Waals surface area contributed by atoms with E-state index in [2.05, 4.69) is 25.8 Å². The van der Waals surface area contributed by atoms with Crippen LogP contribution in [0, 0.1) is 17.8 Å². The molecule has 2 fully saturated rings. The Balaban J connectivity index is 1.91. The van der Waals surface area contributed by atoms with E-state index in [1.807, 2.05) is 0 Å². The molecule has 1 heterocycles. The lowest BCUT2D eigenvalue weighted by atomic mass is 9.73. The van der Waals surface area contributed by atoms with E-state index in [4.69, 9.17) is 5.73 Å². The molecule has 2 N–H and O–H groups in total. The average molecular weight is 302 g/mol. The van der Waals surface area contributed by atoms with Crippen LogP contribution in [0.4, 0.5) is 0 Å². The van der Waals surface area contributed by atoms with Crippen LogP contribution in [-0.2, 0) is 9.84 Å². The van der Waals surface area contributed by atoms with E-state index in [0.717, 1.165) is 31.2 Å². The summed E-state index contributed by atoms with van der Waals surface area (Å²) in [4.78, 5) is 2.25. The fraction of sp³-hybridized carbons (Fsp3) is 1.00. The van der Waals surface area contributed by atoms with Crippen LogP contribution < -0.4 is 5.73 Å². The average Bonchev–Trinajstić information content (AvgIpc) is 2.72. The second-order valence-corrected chi connectivity index (χ2v) is 9.47. The van der Waals surface area contributed by atoms with Crippen molar-refractivity contribution in [3.63, 3.8) is 0 Å². The largest absolute Gasteiger partial charge is 0.327 e. The molecule has 4 unspecified atom stereocenters. The van der Waals surface area contributed by atoms with Crippen LogP contribution >= 0.6 is 0 Å². The number of sulfone groups is 1. The summed E-state index contributed by atoms with van der Waals surface area (Å²) in [6.07, 6.45) is 4.35. The molecule has 5 heteroatoms. The number of hydrogen-bond acceptors (Lipinski definition) is 4. The fourth-order valence-electron chi connectivity index (χ4n) is 3.78. The molecule has 0 aromatic carbocycles. The first kappa shape index (κ1) is 16.2. The first-order valence-corrected chi connectivity index (χ1v) is 9.77. The Morgan fingerprint density at radius 3 is 2.50 bits per heavy atom. The zero-order valence-corrected chi connectivity index (χ0v) is 13.9. The van der Waals surface area contributed by atoms with E-state index in [1.165, 1.54) is 12.8 Å². The molecule has 2 aliphatic rings. The summed E-state index contributed by atoms with van der Waals surface area (Å²) in [5.41, 5.74) is 6.30. The van der Waals surface area contributed by atoms with Gasteiger partial charge < -0.3 is 10.6 Å². The van der Waals surface area contributed by atoms with Crippen LogP contribution in [0.3, 0.4) is 0 Å². The van der Waals surface area contributed by atoms with Gasteiger partial charge in [0.1, 0.15) is 0 Å². The van der Waals surface area contributed by atoms with E-state index in [0.29, 0.717) is 17.4 Å². The molecule has 2 rings (SSSR count). The summed E-state index contributed by atoms with van der Waals surface area (Å²) < 4.78 is 23.2. The molecular formula is C15H30N2O2S. The maximum atomic E-state index is 11.6. The molecule has 0 spiro atoms. The number of rotatable bonds is 4. The third-order valence-corrected chi connectivity index (χ3v) is 7.13. The smallest absolute Gasteiger partial charge is 0.151 e.